The molecule has 2 heterocycles. The first-order chi connectivity index (χ1) is 7.49. The number of pyridine rings is 1. The molecular formula is C8H4BrN3O4. The van der Waals surface area contributed by atoms with Crippen molar-refractivity contribution in [2.75, 3.05) is 0 Å². The lowest BCUT2D eigenvalue weighted by molar-refractivity contribution is 0.0687. The number of aromatic carboxylic acids is 2. The second kappa shape index (κ2) is 3.56. The van der Waals surface area contributed by atoms with Gasteiger partial charge in [0.15, 0.2) is 16.1 Å². The number of carboxylic acid groups (broad SMARTS) is 2. The van der Waals surface area contributed by atoms with Crippen molar-refractivity contribution >= 4 is 38.9 Å². The highest BCUT2D eigenvalue weighted by molar-refractivity contribution is 9.10. The summed E-state index contributed by atoms with van der Waals surface area (Å²) in [5.74, 6) is -2.62. The zero-order chi connectivity index (χ0) is 11.9. The van der Waals surface area contributed by atoms with Crippen LogP contribution in [0.4, 0.5) is 0 Å². The van der Waals surface area contributed by atoms with Crippen molar-refractivity contribution in [2.24, 2.45) is 0 Å². The van der Waals surface area contributed by atoms with Crippen LogP contribution in [0.3, 0.4) is 0 Å². The number of carboxylic acids is 2. The monoisotopic (exact) mass is 285 g/mol. The number of halogens is 1. The zero-order valence-corrected chi connectivity index (χ0v) is 9.15. The molecule has 8 heteroatoms. The zero-order valence-electron chi connectivity index (χ0n) is 7.56. The largest absolute Gasteiger partial charge is 0.477 e. The number of H-pyrrole nitrogens is 1. The minimum Gasteiger partial charge on any atom is -0.477 e. The van der Waals surface area contributed by atoms with E-state index in [9.17, 15) is 9.59 Å². The normalized spacial score (nSPS) is 10.6. The van der Waals surface area contributed by atoms with Gasteiger partial charge in [0.05, 0.1) is 5.52 Å². The highest BCUT2D eigenvalue weighted by Gasteiger charge is 2.18. The molecule has 0 amide bonds. The molecule has 0 radical (unpaired) electrons. The predicted octanol–water partition coefficient (Wildman–Crippen LogP) is 1.12. The number of carbonyl (C=O) groups is 2. The first kappa shape index (κ1) is 10.6. The van der Waals surface area contributed by atoms with Crippen molar-refractivity contribution in [3.63, 3.8) is 0 Å². The average Bonchev–Trinajstić information content (AvgIpc) is 2.55. The molecule has 0 unspecified atom stereocenters. The third kappa shape index (κ3) is 1.63. The van der Waals surface area contributed by atoms with E-state index in [2.05, 4.69) is 30.9 Å². The molecule has 0 saturated heterocycles. The van der Waals surface area contributed by atoms with Crippen LogP contribution in [-0.4, -0.2) is 37.1 Å². The third-order valence-electron chi connectivity index (χ3n) is 1.86. The Morgan fingerprint density at radius 2 is 1.94 bits per heavy atom. The number of fused-ring (bicyclic) bond motifs is 1. The quantitative estimate of drug-likeness (QED) is 0.761. The summed E-state index contributed by atoms with van der Waals surface area (Å²) in [6.45, 7) is 0. The summed E-state index contributed by atoms with van der Waals surface area (Å²) in [5.41, 5.74) is -0.320. The topological polar surface area (TPSA) is 116 Å². The molecule has 16 heavy (non-hydrogen) atoms. The minimum absolute atomic E-state index is 0.115. The fourth-order valence-corrected chi connectivity index (χ4v) is 1.63. The molecule has 0 aromatic carbocycles. The number of nitrogens with zero attached hydrogens (tertiary/aromatic N) is 2. The van der Waals surface area contributed by atoms with Crippen molar-refractivity contribution in [3.05, 3.63) is 22.2 Å². The lowest BCUT2D eigenvalue weighted by atomic mass is 10.2. The molecule has 2 rings (SSSR count). The van der Waals surface area contributed by atoms with Crippen molar-refractivity contribution in [1.29, 1.82) is 0 Å². The maximum atomic E-state index is 10.9. The van der Waals surface area contributed by atoms with Crippen LogP contribution in [0.25, 0.3) is 11.0 Å². The molecule has 82 valence electrons. The Kier molecular flexibility index (Phi) is 2.35. The van der Waals surface area contributed by atoms with Crippen LogP contribution in [0, 0.1) is 0 Å². The minimum atomic E-state index is -1.33. The fourth-order valence-electron chi connectivity index (χ4n) is 1.24. The molecule has 0 spiro atoms. The number of aromatic nitrogens is 3. The lowest BCUT2D eigenvalue weighted by Gasteiger charge is -1.98. The molecule has 0 saturated carbocycles. The third-order valence-corrected chi connectivity index (χ3v) is 2.24. The Balaban J connectivity index is 2.83. The molecule has 2 aromatic heterocycles. The van der Waals surface area contributed by atoms with E-state index in [4.69, 9.17) is 10.2 Å². The Morgan fingerprint density at radius 3 is 2.50 bits per heavy atom. The Hall–Kier alpha value is -1.96. The predicted molar refractivity (Wildman–Crippen MR) is 55.5 cm³/mol. The highest BCUT2D eigenvalue weighted by Crippen LogP contribution is 2.19. The second-order valence-corrected chi connectivity index (χ2v) is 3.64. The number of hydrogen-bond acceptors (Lipinski definition) is 4. The molecule has 7 nitrogen and oxygen atoms in total. The molecule has 3 N–H and O–H groups in total. The Bertz CT molecular complexity index is 607. The van der Waals surface area contributed by atoms with Crippen LogP contribution in [-0.2, 0) is 0 Å². The standard InChI is InChI=1S/C8H4BrN3O4/c9-8-11-2-1-3(6(13)14)10-5(7(15)16)4(2)12-8/h1H,(H,11,12)(H,13,14)(H,15,16). The summed E-state index contributed by atoms with van der Waals surface area (Å²) >= 11 is 3.03. The van der Waals surface area contributed by atoms with Crippen LogP contribution in [0.2, 0.25) is 0 Å². The van der Waals surface area contributed by atoms with Crippen molar-refractivity contribution in [3.8, 4) is 0 Å². The summed E-state index contributed by atoms with van der Waals surface area (Å²) < 4.78 is 0.314. The van der Waals surface area contributed by atoms with Gasteiger partial charge < -0.3 is 15.2 Å². The van der Waals surface area contributed by atoms with E-state index in [-0.39, 0.29) is 11.2 Å². The summed E-state index contributed by atoms with van der Waals surface area (Å²) in [6, 6.07) is 1.22. The van der Waals surface area contributed by atoms with Gasteiger partial charge in [-0.15, -0.1) is 0 Å². The molecular weight excluding hydrogens is 282 g/mol. The highest BCUT2D eigenvalue weighted by atomic mass is 79.9. The Labute approximate surface area is 96.3 Å². The van der Waals surface area contributed by atoms with Crippen LogP contribution < -0.4 is 0 Å². The maximum Gasteiger partial charge on any atom is 0.356 e. The van der Waals surface area contributed by atoms with Gasteiger partial charge in [-0.25, -0.2) is 19.6 Å². The number of aromatic amines is 1. The van der Waals surface area contributed by atoms with Crippen LogP contribution in [0.1, 0.15) is 21.0 Å². The fraction of sp³-hybridized carbons (Fsp3) is 0. The molecule has 0 fully saturated rings. The van der Waals surface area contributed by atoms with Crippen LogP contribution in [0.15, 0.2) is 10.8 Å². The van der Waals surface area contributed by atoms with Crippen molar-refractivity contribution in [1.82, 2.24) is 15.0 Å². The molecule has 2 aromatic rings. The first-order valence-corrected chi connectivity index (χ1v) is 4.81. The number of nitrogens with one attached hydrogen (secondary N) is 1. The first-order valence-electron chi connectivity index (χ1n) is 4.02. The van der Waals surface area contributed by atoms with Gasteiger partial charge in [0.1, 0.15) is 5.52 Å². The average molecular weight is 286 g/mol. The number of imidazole rings is 1. The van der Waals surface area contributed by atoms with E-state index in [1.807, 2.05) is 0 Å². The Morgan fingerprint density at radius 1 is 1.25 bits per heavy atom. The smallest absolute Gasteiger partial charge is 0.356 e. The molecule has 0 bridgehead atoms. The SMILES string of the molecule is O=C(O)c1cc2[nH]c(Br)nc2c(C(=O)O)n1. The molecule has 0 atom stereocenters. The summed E-state index contributed by atoms with van der Waals surface area (Å²) in [7, 11) is 0. The summed E-state index contributed by atoms with van der Waals surface area (Å²) in [6.07, 6.45) is 0. The van der Waals surface area contributed by atoms with Gasteiger partial charge in [-0.3, -0.25) is 0 Å². The number of hydrogen-bond donors (Lipinski definition) is 3. The molecule has 0 aliphatic rings. The summed E-state index contributed by atoms with van der Waals surface area (Å²) in [4.78, 5) is 31.7. The van der Waals surface area contributed by atoms with Gasteiger partial charge in [0, 0.05) is 0 Å². The van der Waals surface area contributed by atoms with Gasteiger partial charge in [-0.2, -0.15) is 0 Å². The van der Waals surface area contributed by atoms with E-state index in [1.54, 1.807) is 0 Å². The van der Waals surface area contributed by atoms with Gasteiger partial charge in [0.2, 0.25) is 0 Å². The van der Waals surface area contributed by atoms with Gasteiger partial charge in [-0.1, -0.05) is 0 Å². The van der Waals surface area contributed by atoms with Crippen LogP contribution in [0.5, 0.6) is 0 Å². The van der Waals surface area contributed by atoms with Gasteiger partial charge in [-0.05, 0) is 22.0 Å². The van der Waals surface area contributed by atoms with Crippen molar-refractivity contribution in [2.45, 2.75) is 0 Å². The van der Waals surface area contributed by atoms with E-state index in [0.717, 1.165) is 0 Å². The molecule has 0 aliphatic heterocycles. The van der Waals surface area contributed by atoms with E-state index < -0.39 is 17.6 Å². The van der Waals surface area contributed by atoms with Crippen molar-refractivity contribution < 1.29 is 19.8 Å². The van der Waals surface area contributed by atoms with E-state index in [1.165, 1.54) is 6.07 Å². The van der Waals surface area contributed by atoms with Gasteiger partial charge >= 0.3 is 11.9 Å². The maximum absolute atomic E-state index is 10.9. The van der Waals surface area contributed by atoms with E-state index >= 15 is 0 Å². The number of rotatable bonds is 2. The summed E-state index contributed by atoms with van der Waals surface area (Å²) in [5, 5.41) is 17.6. The van der Waals surface area contributed by atoms with Crippen LogP contribution >= 0.6 is 15.9 Å². The van der Waals surface area contributed by atoms with E-state index in [0.29, 0.717) is 10.3 Å². The van der Waals surface area contributed by atoms with Gasteiger partial charge in [0.25, 0.3) is 0 Å². The lowest BCUT2D eigenvalue weighted by Crippen LogP contribution is -2.08. The second-order valence-electron chi connectivity index (χ2n) is 2.89. The molecule has 0 aliphatic carbocycles.